The third kappa shape index (κ3) is 5.28. The Labute approximate surface area is 127 Å². The number of nitrogens with zero attached hydrogens (tertiary/aromatic N) is 2. The quantitative estimate of drug-likeness (QED) is 0.808. The first-order valence-electron chi connectivity index (χ1n) is 8.17. The number of piperidine rings is 1. The maximum absolute atomic E-state index is 11.8. The molecule has 0 saturated carbocycles. The van der Waals surface area contributed by atoms with E-state index in [1.807, 2.05) is 0 Å². The van der Waals surface area contributed by atoms with Gasteiger partial charge in [-0.3, -0.25) is 19.9 Å². The van der Waals surface area contributed by atoms with Crippen LogP contribution in [0.3, 0.4) is 0 Å². The zero-order valence-electron chi connectivity index (χ0n) is 13.1. The Morgan fingerprint density at radius 3 is 2.43 bits per heavy atom. The predicted octanol–water partition coefficient (Wildman–Crippen LogP) is 0.782. The van der Waals surface area contributed by atoms with Crippen LogP contribution in [0, 0.1) is 0 Å². The molecule has 6 nitrogen and oxygen atoms in total. The maximum atomic E-state index is 11.8. The first-order chi connectivity index (χ1) is 10.2. The van der Waals surface area contributed by atoms with Crippen molar-refractivity contribution in [2.75, 3.05) is 39.8 Å². The average Bonchev–Trinajstić information content (AvgIpc) is 2.76. The van der Waals surface area contributed by atoms with Crippen LogP contribution in [0.1, 0.15) is 38.5 Å². The van der Waals surface area contributed by atoms with Gasteiger partial charge in [0, 0.05) is 19.6 Å². The van der Waals surface area contributed by atoms with Gasteiger partial charge >= 0.3 is 6.03 Å². The molecule has 6 heteroatoms. The van der Waals surface area contributed by atoms with Crippen LogP contribution in [0.25, 0.3) is 0 Å². The molecule has 2 aliphatic heterocycles. The van der Waals surface area contributed by atoms with Crippen LogP contribution in [0.4, 0.5) is 4.79 Å². The van der Waals surface area contributed by atoms with E-state index in [2.05, 4.69) is 20.4 Å². The molecule has 0 unspecified atom stereocenters. The Morgan fingerprint density at radius 1 is 1.05 bits per heavy atom. The first-order valence-corrected chi connectivity index (χ1v) is 8.17. The number of imide groups is 1. The molecule has 0 aromatic carbocycles. The fraction of sp³-hybridized carbons (Fsp3) is 0.867. The highest BCUT2D eigenvalue weighted by Crippen LogP contribution is 2.19. The SMILES string of the molecule is CNC(=O)NC(=O)CN1CCC[C@@H](N2CCCCCC2)C1. The standard InChI is InChI=1S/C15H28N4O2/c1-16-15(21)17-14(20)12-18-8-6-7-13(11-18)19-9-4-2-3-5-10-19/h13H,2-12H2,1H3,(H2,16,17,20,21)/t13-/m1/s1. The molecule has 0 aromatic rings. The number of likely N-dealkylation sites (tertiary alicyclic amines) is 2. The molecule has 2 N–H and O–H groups in total. The minimum atomic E-state index is -0.430. The van der Waals surface area contributed by atoms with Crippen LogP contribution in [0.5, 0.6) is 0 Å². The van der Waals surface area contributed by atoms with Crippen molar-refractivity contribution < 1.29 is 9.59 Å². The lowest BCUT2D eigenvalue weighted by Gasteiger charge is -2.38. The van der Waals surface area contributed by atoms with E-state index in [9.17, 15) is 9.59 Å². The number of hydrogen-bond donors (Lipinski definition) is 2. The second-order valence-corrected chi connectivity index (χ2v) is 6.11. The second-order valence-electron chi connectivity index (χ2n) is 6.11. The van der Waals surface area contributed by atoms with E-state index >= 15 is 0 Å². The summed E-state index contributed by atoms with van der Waals surface area (Å²) in [6.45, 7) is 4.61. The molecule has 3 amide bonds. The van der Waals surface area contributed by atoms with Crippen molar-refractivity contribution >= 4 is 11.9 Å². The number of urea groups is 1. The largest absolute Gasteiger partial charge is 0.341 e. The van der Waals surface area contributed by atoms with Crippen molar-refractivity contribution in [2.45, 2.75) is 44.6 Å². The Morgan fingerprint density at radius 2 is 1.76 bits per heavy atom. The summed E-state index contributed by atoms with van der Waals surface area (Å²) in [5.74, 6) is -0.217. The summed E-state index contributed by atoms with van der Waals surface area (Å²) in [7, 11) is 1.51. The fourth-order valence-corrected chi connectivity index (χ4v) is 3.36. The van der Waals surface area contributed by atoms with Gasteiger partial charge in [-0.2, -0.15) is 0 Å². The number of carbonyl (C=O) groups excluding carboxylic acids is 2. The number of rotatable bonds is 3. The highest BCUT2D eigenvalue weighted by molar-refractivity contribution is 5.95. The minimum absolute atomic E-state index is 0.217. The fourth-order valence-electron chi connectivity index (χ4n) is 3.36. The Balaban J connectivity index is 1.79. The van der Waals surface area contributed by atoms with Crippen LogP contribution in [-0.2, 0) is 4.79 Å². The normalized spacial score (nSPS) is 25.1. The summed E-state index contributed by atoms with van der Waals surface area (Å²) in [6, 6.07) is 0.144. The molecule has 0 bridgehead atoms. The van der Waals surface area contributed by atoms with Gasteiger partial charge in [-0.15, -0.1) is 0 Å². The second kappa shape index (κ2) is 8.34. The topological polar surface area (TPSA) is 64.7 Å². The number of nitrogens with one attached hydrogen (secondary N) is 2. The van der Waals surface area contributed by atoms with Crippen LogP contribution in [0.15, 0.2) is 0 Å². The monoisotopic (exact) mass is 296 g/mol. The molecule has 0 radical (unpaired) electrons. The molecule has 120 valence electrons. The highest BCUT2D eigenvalue weighted by Gasteiger charge is 2.26. The van der Waals surface area contributed by atoms with E-state index in [4.69, 9.17) is 0 Å². The highest BCUT2D eigenvalue weighted by atomic mass is 16.2. The summed E-state index contributed by atoms with van der Waals surface area (Å²) in [5.41, 5.74) is 0. The van der Waals surface area contributed by atoms with Crippen LogP contribution < -0.4 is 10.6 Å². The van der Waals surface area contributed by atoms with Crippen molar-refractivity contribution in [3.05, 3.63) is 0 Å². The zero-order valence-corrected chi connectivity index (χ0v) is 13.1. The minimum Gasteiger partial charge on any atom is -0.341 e. The number of hydrogen-bond acceptors (Lipinski definition) is 4. The van der Waals surface area contributed by atoms with Crippen molar-refractivity contribution in [2.24, 2.45) is 0 Å². The summed E-state index contributed by atoms with van der Waals surface area (Å²) in [5, 5.41) is 4.74. The van der Waals surface area contributed by atoms with Gasteiger partial charge in [0.05, 0.1) is 6.54 Å². The van der Waals surface area contributed by atoms with Crippen LogP contribution >= 0.6 is 0 Å². The molecule has 2 aliphatic rings. The molecule has 0 aliphatic carbocycles. The van der Waals surface area contributed by atoms with E-state index in [-0.39, 0.29) is 5.91 Å². The van der Waals surface area contributed by atoms with Gasteiger partial charge in [-0.05, 0) is 45.3 Å². The van der Waals surface area contributed by atoms with Gasteiger partial charge < -0.3 is 5.32 Å². The predicted molar refractivity (Wildman–Crippen MR) is 82.1 cm³/mol. The molecule has 0 aromatic heterocycles. The third-order valence-corrected chi connectivity index (χ3v) is 4.48. The average molecular weight is 296 g/mol. The van der Waals surface area contributed by atoms with Crippen molar-refractivity contribution in [3.63, 3.8) is 0 Å². The van der Waals surface area contributed by atoms with Crippen LogP contribution in [0.2, 0.25) is 0 Å². The molecule has 21 heavy (non-hydrogen) atoms. The Hall–Kier alpha value is -1.14. The lowest BCUT2D eigenvalue weighted by molar-refractivity contribution is -0.121. The molecular formula is C15H28N4O2. The van der Waals surface area contributed by atoms with E-state index in [0.717, 1.165) is 19.5 Å². The van der Waals surface area contributed by atoms with Gasteiger partial charge in [-0.25, -0.2) is 4.79 Å². The van der Waals surface area contributed by atoms with Gasteiger partial charge in [-0.1, -0.05) is 12.8 Å². The van der Waals surface area contributed by atoms with Gasteiger partial charge in [0.15, 0.2) is 0 Å². The van der Waals surface area contributed by atoms with Crippen molar-refractivity contribution in [1.82, 2.24) is 20.4 Å². The van der Waals surface area contributed by atoms with Gasteiger partial charge in [0.25, 0.3) is 0 Å². The van der Waals surface area contributed by atoms with Gasteiger partial charge in [0.1, 0.15) is 0 Å². The smallest absolute Gasteiger partial charge is 0.321 e. The lowest BCUT2D eigenvalue weighted by atomic mass is 10.0. The number of amides is 3. The van der Waals surface area contributed by atoms with E-state index in [0.29, 0.717) is 12.6 Å². The first kappa shape index (κ1) is 16.2. The molecule has 2 saturated heterocycles. The van der Waals surface area contributed by atoms with E-state index < -0.39 is 6.03 Å². The summed E-state index contributed by atoms with van der Waals surface area (Å²) >= 11 is 0. The third-order valence-electron chi connectivity index (χ3n) is 4.48. The molecule has 2 fully saturated rings. The molecule has 2 heterocycles. The summed E-state index contributed by atoms with van der Waals surface area (Å²) < 4.78 is 0. The van der Waals surface area contributed by atoms with Crippen molar-refractivity contribution in [3.8, 4) is 0 Å². The molecular weight excluding hydrogens is 268 g/mol. The molecule has 1 atom stereocenters. The van der Waals surface area contributed by atoms with Crippen molar-refractivity contribution in [1.29, 1.82) is 0 Å². The summed E-state index contributed by atoms with van der Waals surface area (Å²) in [4.78, 5) is 27.7. The lowest BCUT2D eigenvalue weighted by Crippen LogP contribution is -2.51. The zero-order chi connectivity index (χ0) is 15.1. The molecule has 2 rings (SSSR count). The maximum Gasteiger partial charge on any atom is 0.321 e. The summed E-state index contributed by atoms with van der Waals surface area (Å²) in [6.07, 6.45) is 7.66. The number of carbonyl (C=O) groups is 2. The molecule has 0 spiro atoms. The Bertz CT molecular complexity index is 354. The van der Waals surface area contributed by atoms with Crippen LogP contribution in [-0.4, -0.2) is 67.6 Å². The van der Waals surface area contributed by atoms with E-state index in [1.165, 1.54) is 52.2 Å². The van der Waals surface area contributed by atoms with Gasteiger partial charge in [0.2, 0.25) is 5.91 Å². The van der Waals surface area contributed by atoms with E-state index in [1.54, 1.807) is 0 Å². The Kier molecular flexibility index (Phi) is 6.45.